The lowest BCUT2D eigenvalue weighted by molar-refractivity contribution is -0.152. The molecule has 1 heterocycles. The second kappa shape index (κ2) is 6.45. The van der Waals surface area contributed by atoms with Gasteiger partial charge in [-0.05, 0) is 24.6 Å². The Balaban J connectivity index is 2.24. The van der Waals surface area contributed by atoms with Gasteiger partial charge in [0.1, 0.15) is 5.54 Å². The maximum atomic E-state index is 12.4. The van der Waals surface area contributed by atoms with Gasteiger partial charge in [0.05, 0.1) is 17.7 Å². The number of hydrogen-bond donors (Lipinski definition) is 1. The van der Waals surface area contributed by atoms with Crippen molar-refractivity contribution in [3.05, 3.63) is 34.3 Å². The van der Waals surface area contributed by atoms with E-state index in [0.717, 1.165) is 5.56 Å². The monoisotopic (exact) mass is 311 g/mol. The Kier molecular flexibility index (Phi) is 4.85. The number of amides is 1. The Bertz CT molecular complexity index is 553. The fraction of sp³-hybridized carbons (Fsp3) is 0.467. The summed E-state index contributed by atoms with van der Waals surface area (Å²) in [5.74, 6) is -0.838. The van der Waals surface area contributed by atoms with E-state index >= 15 is 0 Å². The van der Waals surface area contributed by atoms with E-state index < -0.39 is 11.5 Å². The number of carbonyl (C=O) groups is 2. The number of methoxy groups -OCH3 is 1. The van der Waals surface area contributed by atoms with Crippen LogP contribution in [-0.2, 0) is 14.3 Å². The summed E-state index contributed by atoms with van der Waals surface area (Å²) in [6, 6.07) is 5.16. The van der Waals surface area contributed by atoms with Crippen LogP contribution in [0.2, 0.25) is 5.02 Å². The zero-order valence-corrected chi connectivity index (χ0v) is 12.8. The minimum Gasteiger partial charge on any atom is -0.467 e. The molecule has 0 saturated carbocycles. The van der Waals surface area contributed by atoms with Crippen LogP contribution in [0.4, 0.5) is 0 Å². The van der Waals surface area contributed by atoms with Crippen molar-refractivity contribution >= 4 is 23.5 Å². The number of nitrogens with one attached hydrogen (secondary N) is 1. The number of carbonyl (C=O) groups excluding carboxylic acids is 2. The molecule has 6 heteroatoms. The van der Waals surface area contributed by atoms with Gasteiger partial charge < -0.3 is 14.8 Å². The molecule has 1 aromatic rings. The van der Waals surface area contributed by atoms with Gasteiger partial charge in [0.25, 0.3) is 5.91 Å². The summed E-state index contributed by atoms with van der Waals surface area (Å²) in [5.41, 5.74) is 0.264. The summed E-state index contributed by atoms with van der Waals surface area (Å²) in [6.07, 6.45) is 0.768. The van der Waals surface area contributed by atoms with Gasteiger partial charge in [-0.2, -0.15) is 0 Å². The largest absolute Gasteiger partial charge is 0.467 e. The molecule has 1 saturated heterocycles. The molecule has 2 rings (SSSR count). The van der Waals surface area contributed by atoms with E-state index in [-0.39, 0.29) is 5.91 Å². The van der Waals surface area contributed by atoms with Crippen molar-refractivity contribution in [1.82, 2.24) is 5.32 Å². The van der Waals surface area contributed by atoms with Gasteiger partial charge in [-0.25, -0.2) is 4.79 Å². The average molecular weight is 312 g/mol. The Labute approximate surface area is 128 Å². The van der Waals surface area contributed by atoms with Crippen molar-refractivity contribution in [3.8, 4) is 0 Å². The first-order valence-electron chi connectivity index (χ1n) is 6.73. The molecule has 1 fully saturated rings. The Morgan fingerprint density at radius 2 is 2.00 bits per heavy atom. The first-order chi connectivity index (χ1) is 9.98. The van der Waals surface area contributed by atoms with Crippen LogP contribution < -0.4 is 5.32 Å². The highest BCUT2D eigenvalue weighted by Gasteiger charge is 2.42. The van der Waals surface area contributed by atoms with Crippen LogP contribution in [-0.4, -0.2) is 37.7 Å². The van der Waals surface area contributed by atoms with Crippen LogP contribution in [0.3, 0.4) is 0 Å². The van der Waals surface area contributed by atoms with Crippen molar-refractivity contribution in [1.29, 1.82) is 0 Å². The van der Waals surface area contributed by atoms with E-state index in [1.807, 2.05) is 6.92 Å². The number of ether oxygens (including phenoxy) is 2. The predicted molar refractivity (Wildman–Crippen MR) is 78.5 cm³/mol. The quantitative estimate of drug-likeness (QED) is 0.868. The van der Waals surface area contributed by atoms with Crippen LogP contribution >= 0.6 is 11.6 Å². The number of rotatable bonds is 3. The van der Waals surface area contributed by atoms with Crippen molar-refractivity contribution < 1.29 is 19.1 Å². The Hall–Kier alpha value is -1.59. The second-order valence-electron chi connectivity index (χ2n) is 5.12. The van der Waals surface area contributed by atoms with Crippen LogP contribution in [0, 0.1) is 6.92 Å². The molecule has 1 N–H and O–H groups in total. The molecule has 5 nitrogen and oxygen atoms in total. The van der Waals surface area contributed by atoms with Gasteiger partial charge in [0, 0.05) is 26.1 Å². The molecular formula is C15H18ClNO4. The molecule has 1 aliphatic heterocycles. The van der Waals surface area contributed by atoms with Crippen LogP contribution in [0.5, 0.6) is 0 Å². The fourth-order valence-corrected chi connectivity index (χ4v) is 2.71. The highest BCUT2D eigenvalue weighted by Crippen LogP contribution is 2.24. The van der Waals surface area contributed by atoms with Gasteiger partial charge in [-0.1, -0.05) is 17.7 Å². The van der Waals surface area contributed by atoms with E-state index in [4.69, 9.17) is 21.1 Å². The molecule has 1 amide bonds. The minimum absolute atomic E-state index is 0.344. The summed E-state index contributed by atoms with van der Waals surface area (Å²) in [7, 11) is 1.31. The summed E-state index contributed by atoms with van der Waals surface area (Å²) in [6.45, 7) is 2.69. The standard InChI is InChI=1S/C15H18ClNO4/c1-10-3-4-11(12(16)9-10)13(18)17-15(14(19)20-2)5-7-21-8-6-15/h3-4,9H,5-8H2,1-2H3,(H,17,18). The summed E-state index contributed by atoms with van der Waals surface area (Å²) in [5, 5.41) is 3.14. The zero-order valence-electron chi connectivity index (χ0n) is 12.1. The lowest BCUT2D eigenvalue weighted by Gasteiger charge is -2.35. The van der Waals surface area contributed by atoms with Crippen LogP contribution in [0.1, 0.15) is 28.8 Å². The highest BCUT2D eigenvalue weighted by molar-refractivity contribution is 6.34. The second-order valence-corrected chi connectivity index (χ2v) is 5.53. The average Bonchev–Trinajstić information content (AvgIpc) is 2.47. The molecule has 1 aliphatic rings. The van der Waals surface area contributed by atoms with E-state index in [2.05, 4.69) is 5.32 Å². The minimum atomic E-state index is -1.04. The zero-order chi connectivity index (χ0) is 15.5. The predicted octanol–water partition coefficient (Wildman–Crippen LogP) is 2.10. The maximum Gasteiger partial charge on any atom is 0.331 e. The van der Waals surface area contributed by atoms with Gasteiger partial charge in [-0.3, -0.25) is 4.79 Å². The third kappa shape index (κ3) is 3.36. The van der Waals surface area contributed by atoms with E-state index in [1.165, 1.54) is 7.11 Å². The van der Waals surface area contributed by atoms with Crippen LogP contribution in [0.15, 0.2) is 18.2 Å². The summed E-state index contributed by atoms with van der Waals surface area (Å²) >= 11 is 6.10. The summed E-state index contributed by atoms with van der Waals surface area (Å²) in [4.78, 5) is 24.5. The topological polar surface area (TPSA) is 64.6 Å². The van der Waals surface area contributed by atoms with Gasteiger partial charge in [0.15, 0.2) is 0 Å². The molecule has 0 aromatic heterocycles. The maximum absolute atomic E-state index is 12.4. The van der Waals surface area contributed by atoms with Gasteiger partial charge >= 0.3 is 5.97 Å². The third-order valence-electron chi connectivity index (χ3n) is 3.64. The van der Waals surface area contributed by atoms with Gasteiger partial charge in [-0.15, -0.1) is 0 Å². The van der Waals surface area contributed by atoms with Crippen molar-refractivity contribution in [3.63, 3.8) is 0 Å². The van der Waals surface area contributed by atoms with Crippen molar-refractivity contribution in [2.75, 3.05) is 20.3 Å². The number of halogens is 1. The SMILES string of the molecule is COC(=O)C1(NC(=O)c2ccc(C)cc2Cl)CCOCC1. The molecule has 0 spiro atoms. The molecule has 1 aromatic carbocycles. The Morgan fingerprint density at radius 3 is 2.57 bits per heavy atom. The third-order valence-corrected chi connectivity index (χ3v) is 3.96. The molecule has 0 radical (unpaired) electrons. The fourth-order valence-electron chi connectivity index (χ4n) is 2.38. The summed E-state index contributed by atoms with van der Waals surface area (Å²) < 4.78 is 10.1. The first-order valence-corrected chi connectivity index (χ1v) is 7.11. The highest BCUT2D eigenvalue weighted by atomic mass is 35.5. The number of hydrogen-bond acceptors (Lipinski definition) is 4. The lowest BCUT2D eigenvalue weighted by atomic mass is 9.89. The first kappa shape index (κ1) is 15.8. The van der Waals surface area contributed by atoms with Crippen molar-refractivity contribution in [2.24, 2.45) is 0 Å². The number of aryl methyl sites for hydroxylation is 1. The van der Waals surface area contributed by atoms with E-state index in [9.17, 15) is 9.59 Å². The molecule has 0 aliphatic carbocycles. The Morgan fingerprint density at radius 1 is 1.33 bits per heavy atom. The lowest BCUT2D eigenvalue weighted by Crippen LogP contribution is -2.58. The van der Waals surface area contributed by atoms with Gasteiger partial charge in [0.2, 0.25) is 0 Å². The molecular weight excluding hydrogens is 294 g/mol. The normalized spacial score (nSPS) is 17.1. The number of esters is 1. The molecule has 0 atom stereocenters. The smallest absolute Gasteiger partial charge is 0.331 e. The molecule has 0 unspecified atom stereocenters. The van der Waals surface area contributed by atoms with Crippen LogP contribution in [0.25, 0.3) is 0 Å². The van der Waals surface area contributed by atoms with E-state index in [1.54, 1.807) is 18.2 Å². The molecule has 21 heavy (non-hydrogen) atoms. The van der Waals surface area contributed by atoms with Crippen molar-refractivity contribution in [2.45, 2.75) is 25.3 Å². The number of benzene rings is 1. The van der Waals surface area contributed by atoms with E-state index in [0.29, 0.717) is 36.6 Å². The molecule has 114 valence electrons. The molecule has 0 bridgehead atoms.